The molecule has 3 saturated carbocycles. The molecule has 0 amide bonds. The first kappa shape index (κ1) is 13.2. The normalized spacial score (nSPS) is 41.8. The average molecular weight is 326 g/mol. The van der Waals surface area contributed by atoms with Crippen molar-refractivity contribution >= 4 is 9.84 Å². The van der Waals surface area contributed by atoms with E-state index in [2.05, 4.69) is 0 Å². The molecule has 3 heteroatoms. The molecule has 23 heavy (non-hydrogen) atoms. The van der Waals surface area contributed by atoms with Crippen molar-refractivity contribution in [2.24, 2.45) is 29.1 Å². The number of sulfone groups is 1. The van der Waals surface area contributed by atoms with Gasteiger partial charge in [-0.3, -0.25) is 0 Å². The summed E-state index contributed by atoms with van der Waals surface area (Å²) in [6.07, 6.45) is 7.49. The Morgan fingerprint density at radius 2 is 1.61 bits per heavy atom. The molecular weight excluding hydrogens is 304 g/mol. The van der Waals surface area contributed by atoms with Crippen molar-refractivity contribution in [2.75, 3.05) is 0 Å². The van der Waals surface area contributed by atoms with Crippen LogP contribution in [0.15, 0.2) is 46.4 Å². The van der Waals surface area contributed by atoms with Gasteiger partial charge in [-0.1, -0.05) is 29.3 Å². The molecule has 120 valence electrons. The summed E-state index contributed by atoms with van der Waals surface area (Å²) in [4.78, 5) is 0.540. The van der Waals surface area contributed by atoms with Gasteiger partial charge in [-0.2, -0.15) is 0 Å². The van der Waals surface area contributed by atoms with E-state index in [1.54, 1.807) is 23.3 Å². The maximum absolute atomic E-state index is 13.3. The van der Waals surface area contributed by atoms with Crippen molar-refractivity contribution in [2.45, 2.75) is 48.7 Å². The summed E-state index contributed by atoms with van der Waals surface area (Å²) in [7, 11) is -3.19. The average Bonchev–Trinajstić information content (AvgIpc) is 2.87. The lowest BCUT2D eigenvalue weighted by molar-refractivity contribution is 0.355. The van der Waals surface area contributed by atoms with E-state index in [4.69, 9.17) is 0 Å². The van der Waals surface area contributed by atoms with Gasteiger partial charge in [0.25, 0.3) is 0 Å². The minimum atomic E-state index is -3.19. The Morgan fingerprint density at radius 1 is 0.913 bits per heavy atom. The van der Waals surface area contributed by atoms with E-state index in [1.807, 2.05) is 18.2 Å². The van der Waals surface area contributed by atoms with Crippen LogP contribution in [0.1, 0.15) is 38.5 Å². The van der Waals surface area contributed by atoms with Crippen LogP contribution in [-0.4, -0.2) is 13.7 Å². The highest BCUT2D eigenvalue weighted by Crippen LogP contribution is 2.78. The lowest BCUT2D eigenvalue weighted by Crippen LogP contribution is -2.32. The molecule has 4 bridgehead atoms. The van der Waals surface area contributed by atoms with Gasteiger partial charge >= 0.3 is 0 Å². The molecule has 1 aromatic rings. The molecule has 5 aliphatic carbocycles. The summed E-state index contributed by atoms with van der Waals surface area (Å²) in [5, 5.41) is -0.143. The Labute approximate surface area is 137 Å². The molecule has 0 saturated heterocycles. The molecule has 5 aliphatic rings. The van der Waals surface area contributed by atoms with Crippen LogP contribution in [0.4, 0.5) is 0 Å². The molecule has 6 rings (SSSR count). The molecular formula is C20H22O2S. The lowest BCUT2D eigenvalue weighted by Gasteiger charge is -2.30. The van der Waals surface area contributed by atoms with Crippen molar-refractivity contribution < 1.29 is 8.42 Å². The van der Waals surface area contributed by atoms with Crippen LogP contribution < -0.4 is 0 Å². The minimum absolute atomic E-state index is 0.143. The first-order chi connectivity index (χ1) is 11.1. The highest BCUT2D eigenvalue weighted by Gasteiger charge is 2.72. The molecule has 0 N–H and O–H groups in total. The van der Waals surface area contributed by atoms with Crippen LogP contribution in [0.5, 0.6) is 0 Å². The Hall–Kier alpha value is -1.09. The minimum Gasteiger partial charge on any atom is -0.223 e. The van der Waals surface area contributed by atoms with E-state index in [9.17, 15) is 8.42 Å². The predicted molar refractivity (Wildman–Crippen MR) is 88.5 cm³/mol. The molecule has 3 fully saturated rings. The quantitative estimate of drug-likeness (QED) is 0.770. The van der Waals surface area contributed by atoms with E-state index in [0.717, 1.165) is 18.3 Å². The summed E-state index contributed by atoms with van der Waals surface area (Å²) in [6, 6.07) is 9.19. The van der Waals surface area contributed by atoms with Crippen molar-refractivity contribution in [1.82, 2.24) is 0 Å². The van der Waals surface area contributed by atoms with Crippen molar-refractivity contribution in [3.05, 3.63) is 41.5 Å². The number of hydrogen-bond donors (Lipinski definition) is 0. The van der Waals surface area contributed by atoms with Crippen LogP contribution >= 0.6 is 0 Å². The third-order valence-electron chi connectivity index (χ3n) is 7.81. The second kappa shape index (κ2) is 3.93. The Morgan fingerprint density at radius 3 is 2.30 bits per heavy atom. The van der Waals surface area contributed by atoms with Crippen molar-refractivity contribution in [3.8, 4) is 0 Å². The molecule has 1 aromatic carbocycles. The fraction of sp³-hybridized carbons (Fsp3) is 0.600. The van der Waals surface area contributed by atoms with Gasteiger partial charge in [0.2, 0.25) is 0 Å². The number of fused-ring (bicyclic) bond motifs is 6. The van der Waals surface area contributed by atoms with Gasteiger partial charge in [0.05, 0.1) is 10.1 Å². The van der Waals surface area contributed by atoms with Crippen LogP contribution in [0.3, 0.4) is 0 Å². The summed E-state index contributed by atoms with van der Waals surface area (Å²) in [6.45, 7) is 0. The molecule has 0 aliphatic heterocycles. The molecule has 5 unspecified atom stereocenters. The van der Waals surface area contributed by atoms with E-state index < -0.39 is 9.84 Å². The monoisotopic (exact) mass is 326 g/mol. The van der Waals surface area contributed by atoms with E-state index in [0.29, 0.717) is 22.1 Å². The largest absolute Gasteiger partial charge is 0.223 e. The predicted octanol–water partition coefficient (Wildman–Crippen LogP) is 3.99. The number of hydrogen-bond acceptors (Lipinski definition) is 2. The first-order valence-electron chi connectivity index (χ1n) is 9.16. The Bertz CT molecular complexity index is 832. The third kappa shape index (κ3) is 1.41. The Balaban J connectivity index is 1.49. The van der Waals surface area contributed by atoms with Crippen LogP contribution in [-0.2, 0) is 9.84 Å². The van der Waals surface area contributed by atoms with Gasteiger partial charge in [0, 0.05) is 5.92 Å². The van der Waals surface area contributed by atoms with Crippen LogP contribution in [0.25, 0.3) is 0 Å². The van der Waals surface area contributed by atoms with Crippen molar-refractivity contribution in [1.29, 1.82) is 0 Å². The third-order valence-corrected chi connectivity index (χ3v) is 10.00. The smallest absolute Gasteiger partial charge is 0.181 e. The van der Waals surface area contributed by atoms with Gasteiger partial charge < -0.3 is 0 Å². The SMILES string of the molecule is O=S(=O)(c1ccccc1)C1CC2C3=C(C4CCC3C4)C1C21CC1. The maximum Gasteiger partial charge on any atom is 0.181 e. The molecule has 5 atom stereocenters. The van der Waals surface area contributed by atoms with E-state index in [-0.39, 0.29) is 5.25 Å². The second-order valence-corrected chi connectivity index (χ2v) is 10.7. The first-order valence-corrected chi connectivity index (χ1v) is 10.7. The van der Waals surface area contributed by atoms with E-state index in [1.165, 1.54) is 32.1 Å². The van der Waals surface area contributed by atoms with Crippen molar-refractivity contribution in [3.63, 3.8) is 0 Å². The molecule has 2 nitrogen and oxygen atoms in total. The summed E-state index contributed by atoms with van der Waals surface area (Å²) in [5.41, 5.74) is 3.79. The van der Waals surface area contributed by atoms with Crippen LogP contribution in [0, 0.1) is 29.1 Å². The topological polar surface area (TPSA) is 34.1 Å². The van der Waals surface area contributed by atoms with Crippen LogP contribution in [0.2, 0.25) is 0 Å². The number of benzene rings is 1. The zero-order chi connectivity index (χ0) is 15.4. The van der Waals surface area contributed by atoms with Gasteiger partial charge in [-0.05, 0) is 73.8 Å². The number of rotatable bonds is 2. The standard InChI is InChI=1S/C20H22O2S/c21-23(22,14-4-2-1-3-5-14)16-11-15-17-12-6-7-13(10-12)18(17)19(16)20(15)8-9-20/h1-5,12-13,15-16,19H,6-11H2. The molecule has 0 heterocycles. The highest BCUT2D eigenvalue weighted by atomic mass is 32.2. The maximum atomic E-state index is 13.3. The van der Waals surface area contributed by atoms with Gasteiger partial charge in [0.15, 0.2) is 9.84 Å². The molecule has 0 radical (unpaired) electrons. The van der Waals surface area contributed by atoms with Gasteiger partial charge in [-0.15, -0.1) is 0 Å². The highest BCUT2D eigenvalue weighted by molar-refractivity contribution is 7.92. The Kier molecular flexibility index (Phi) is 2.26. The molecule has 0 aromatic heterocycles. The fourth-order valence-corrected chi connectivity index (χ4v) is 9.08. The summed E-state index contributed by atoms with van der Waals surface area (Å²) in [5.74, 6) is 2.53. The summed E-state index contributed by atoms with van der Waals surface area (Å²) >= 11 is 0. The number of allylic oxidation sites excluding steroid dienone is 2. The lowest BCUT2D eigenvalue weighted by atomic mass is 9.82. The van der Waals surface area contributed by atoms with Gasteiger partial charge in [-0.25, -0.2) is 8.42 Å². The second-order valence-electron chi connectivity index (χ2n) is 8.51. The summed E-state index contributed by atoms with van der Waals surface area (Å²) < 4.78 is 26.6. The zero-order valence-electron chi connectivity index (χ0n) is 13.2. The van der Waals surface area contributed by atoms with E-state index >= 15 is 0 Å². The zero-order valence-corrected chi connectivity index (χ0v) is 14.1. The fourth-order valence-electron chi connectivity index (χ4n) is 6.97. The van der Waals surface area contributed by atoms with Gasteiger partial charge in [0.1, 0.15) is 0 Å². The molecule has 1 spiro atoms.